The Morgan fingerprint density at radius 3 is 2.86 bits per heavy atom. The molecule has 1 aliphatic rings. The van der Waals surface area contributed by atoms with E-state index in [9.17, 15) is 4.79 Å². The molecule has 0 aliphatic carbocycles. The van der Waals surface area contributed by atoms with Gasteiger partial charge in [0.05, 0.1) is 7.11 Å². The molecule has 1 fully saturated rings. The molecule has 0 atom stereocenters. The first-order valence-corrected chi connectivity index (χ1v) is 8.05. The van der Waals surface area contributed by atoms with E-state index < -0.39 is 0 Å². The van der Waals surface area contributed by atoms with E-state index in [1.165, 1.54) is 24.2 Å². The van der Waals surface area contributed by atoms with E-state index in [4.69, 9.17) is 9.47 Å². The van der Waals surface area contributed by atoms with Gasteiger partial charge in [-0.25, -0.2) is 4.79 Å². The molecule has 0 unspecified atom stereocenters. The van der Waals surface area contributed by atoms with Crippen LogP contribution in [0.4, 0.5) is 0 Å². The fraction of sp³-hybridized carbons (Fsp3) is 0.438. The number of thiophene rings is 1. The molecule has 0 radical (unpaired) electrons. The van der Waals surface area contributed by atoms with Crippen molar-refractivity contribution in [3.63, 3.8) is 0 Å². The summed E-state index contributed by atoms with van der Waals surface area (Å²) in [5.41, 5.74) is 0. The molecule has 3 rings (SSSR count). The van der Waals surface area contributed by atoms with Crippen LogP contribution in [-0.4, -0.2) is 44.2 Å². The van der Waals surface area contributed by atoms with Crippen molar-refractivity contribution in [2.24, 2.45) is 0 Å². The van der Waals surface area contributed by atoms with Crippen LogP contribution in [0.1, 0.15) is 22.5 Å². The highest BCUT2D eigenvalue weighted by atomic mass is 32.1. The summed E-state index contributed by atoms with van der Waals surface area (Å²) in [5, 5.41) is 1.05. The van der Waals surface area contributed by atoms with Gasteiger partial charge >= 0.3 is 5.97 Å². The molecule has 5 heteroatoms. The summed E-state index contributed by atoms with van der Waals surface area (Å²) in [6, 6.07) is 7.70. The highest BCUT2D eigenvalue weighted by molar-refractivity contribution is 7.20. The molecule has 1 aromatic heterocycles. The maximum atomic E-state index is 12.1. The molecule has 4 nitrogen and oxygen atoms in total. The largest absolute Gasteiger partial charge is 0.497 e. The zero-order valence-corrected chi connectivity index (χ0v) is 12.9. The Morgan fingerprint density at radius 2 is 2.10 bits per heavy atom. The van der Waals surface area contributed by atoms with Crippen LogP contribution in [0.2, 0.25) is 0 Å². The second kappa shape index (κ2) is 6.45. The van der Waals surface area contributed by atoms with E-state index in [2.05, 4.69) is 4.90 Å². The zero-order chi connectivity index (χ0) is 14.7. The number of hydrogen-bond acceptors (Lipinski definition) is 5. The molecule has 0 N–H and O–H groups in total. The summed E-state index contributed by atoms with van der Waals surface area (Å²) in [6.07, 6.45) is 2.51. The lowest BCUT2D eigenvalue weighted by Gasteiger charge is -2.13. The lowest BCUT2D eigenvalue weighted by atomic mass is 10.2. The van der Waals surface area contributed by atoms with Crippen LogP contribution in [0, 0.1) is 0 Å². The summed E-state index contributed by atoms with van der Waals surface area (Å²) < 4.78 is 11.6. The van der Waals surface area contributed by atoms with E-state index in [1.54, 1.807) is 7.11 Å². The van der Waals surface area contributed by atoms with Crippen molar-refractivity contribution in [1.29, 1.82) is 0 Å². The third kappa shape index (κ3) is 3.36. The molecule has 21 heavy (non-hydrogen) atoms. The fourth-order valence-corrected chi connectivity index (χ4v) is 3.57. The molecule has 1 aliphatic heterocycles. The molecule has 0 saturated carbocycles. The van der Waals surface area contributed by atoms with Crippen LogP contribution >= 0.6 is 11.3 Å². The van der Waals surface area contributed by atoms with Crippen molar-refractivity contribution < 1.29 is 14.3 Å². The van der Waals surface area contributed by atoms with Gasteiger partial charge in [-0.1, -0.05) is 0 Å². The number of methoxy groups -OCH3 is 1. The van der Waals surface area contributed by atoms with Gasteiger partial charge in [0.15, 0.2) is 0 Å². The van der Waals surface area contributed by atoms with Crippen molar-refractivity contribution in [3.05, 3.63) is 29.1 Å². The molecular formula is C16H19NO3S. The molecule has 1 aromatic carbocycles. The van der Waals surface area contributed by atoms with Crippen LogP contribution in [0.25, 0.3) is 10.1 Å². The summed E-state index contributed by atoms with van der Waals surface area (Å²) in [6.45, 7) is 3.56. The maximum absolute atomic E-state index is 12.1. The first-order chi connectivity index (χ1) is 10.3. The summed E-state index contributed by atoms with van der Waals surface area (Å²) in [7, 11) is 1.64. The first kappa shape index (κ1) is 14.4. The van der Waals surface area contributed by atoms with Gasteiger partial charge in [-0.05, 0) is 55.6 Å². The quantitative estimate of drug-likeness (QED) is 0.795. The Morgan fingerprint density at radius 1 is 1.29 bits per heavy atom. The molecule has 2 heterocycles. The second-order valence-electron chi connectivity index (χ2n) is 5.20. The predicted octanol–water partition coefficient (Wildman–Crippen LogP) is 3.16. The van der Waals surface area contributed by atoms with Crippen molar-refractivity contribution in [2.75, 3.05) is 33.4 Å². The van der Waals surface area contributed by atoms with E-state index in [-0.39, 0.29) is 5.97 Å². The number of ether oxygens (including phenoxy) is 2. The van der Waals surface area contributed by atoms with Crippen LogP contribution in [-0.2, 0) is 4.74 Å². The number of carbonyl (C=O) groups excluding carboxylic acids is 1. The van der Waals surface area contributed by atoms with E-state index in [0.717, 1.165) is 35.5 Å². The minimum atomic E-state index is -0.227. The maximum Gasteiger partial charge on any atom is 0.348 e. The van der Waals surface area contributed by atoms with Crippen molar-refractivity contribution in [3.8, 4) is 5.75 Å². The summed E-state index contributed by atoms with van der Waals surface area (Å²) in [4.78, 5) is 15.1. The molecule has 112 valence electrons. The van der Waals surface area contributed by atoms with Crippen LogP contribution < -0.4 is 4.74 Å². The lowest BCUT2D eigenvalue weighted by molar-refractivity contribution is 0.0478. The zero-order valence-electron chi connectivity index (χ0n) is 12.1. The lowest BCUT2D eigenvalue weighted by Crippen LogP contribution is -2.25. The highest BCUT2D eigenvalue weighted by Crippen LogP contribution is 2.29. The van der Waals surface area contributed by atoms with Gasteiger partial charge in [-0.2, -0.15) is 0 Å². The number of carbonyl (C=O) groups is 1. The Labute approximate surface area is 128 Å². The van der Waals surface area contributed by atoms with Crippen molar-refractivity contribution >= 4 is 27.4 Å². The average Bonchev–Trinajstić information content (AvgIpc) is 3.15. The summed E-state index contributed by atoms with van der Waals surface area (Å²) in [5.74, 6) is 0.577. The van der Waals surface area contributed by atoms with Gasteiger partial charge in [-0.3, -0.25) is 4.90 Å². The first-order valence-electron chi connectivity index (χ1n) is 7.23. The highest BCUT2D eigenvalue weighted by Gasteiger charge is 2.14. The van der Waals surface area contributed by atoms with Crippen molar-refractivity contribution in [1.82, 2.24) is 4.90 Å². The Kier molecular flexibility index (Phi) is 4.41. The number of benzene rings is 1. The van der Waals surface area contributed by atoms with Gasteiger partial charge in [0.2, 0.25) is 0 Å². The smallest absolute Gasteiger partial charge is 0.348 e. The molecule has 1 saturated heterocycles. The Bertz CT molecular complexity index is 631. The predicted molar refractivity (Wildman–Crippen MR) is 84.3 cm³/mol. The molecular weight excluding hydrogens is 286 g/mol. The van der Waals surface area contributed by atoms with Gasteiger partial charge in [0.1, 0.15) is 17.2 Å². The van der Waals surface area contributed by atoms with Crippen LogP contribution in [0.15, 0.2) is 24.3 Å². The fourth-order valence-electron chi connectivity index (χ4n) is 2.58. The van der Waals surface area contributed by atoms with E-state index in [0.29, 0.717) is 11.5 Å². The molecule has 0 amide bonds. The number of esters is 1. The third-order valence-corrected chi connectivity index (χ3v) is 4.85. The number of nitrogens with zero attached hydrogens (tertiary/aromatic N) is 1. The molecule has 0 bridgehead atoms. The van der Waals surface area contributed by atoms with E-state index in [1.807, 2.05) is 24.3 Å². The Hall–Kier alpha value is -1.59. The minimum Gasteiger partial charge on any atom is -0.497 e. The van der Waals surface area contributed by atoms with Gasteiger partial charge in [0.25, 0.3) is 0 Å². The van der Waals surface area contributed by atoms with Gasteiger partial charge in [0, 0.05) is 11.2 Å². The van der Waals surface area contributed by atoms with Gasteiger partial charge in [-0.15, -0.1) is 11.3 Å². The van der Waals surface area contributed by atoms with Crippen molar-refractivity contribution in [2.45, 2.75) is 12.8 Å². The number of fused-ring (bicyclic) bond motifs is 1. The van der Waals surface area contributed by atoms with E-state index >= 15 is 0 Å². The second-order valence-corrected chi connectivity index (χ2v) is 6.28. The standard InChI is InChI=1S/C16H19NO3S/c1-19-13-5-4-12-10-15(21-14(12)11-13)16(18)20-9-8-17-6-2-3-7-17/h4-5,10-11H,2-3,6-9H2,1H3. The number of hydrogen-bond donors (Lipinski definition) is 0. The summed E-state index contributed by atoms with van der Waals surface area (Å²) >= 11 is 1.45. The third-order valence-electron chi connectivity index (χ3n) is 3.77. The molecule has 0 spiro atoms. The van der Waals surface area contributed by atoms with Crippen LogP contribution in [0.5, 0.6) is 5.75 Å². The number of rotatable bonds is 5. The average molecular weight is 305 g/mol. The normalized spacial score (nSPS) is 15.5. The Balaban J connectivity index is 1.61. The number of likely N-dealkylation sites (tertiary alicyclic amines) is 1. The SMILES string of the molecule is COc1ccc2cc(C(=O)OCCN3CCCC3)sc2c1. The topological polar surface area (TPSA) is 38.8 Å². The monoisotopic (exact) mass is 305 g/mol. The van der Waals surface area contributed by atoms with Gasteiger partial charge < -0.3 is 9.47 Å². The van der Waals surface area contributed by atoms with Crippen LogP contribution in [0.3, 0.4) is 0 Å². The molecule has 2 aromatic rings. The minimum absolute atomic E-state index is 0.227.